The Balaban J connectivity index is 1.49. The molecule has 0 amide bonds. The molecule has 0 aliphatic rings. The van der Waals surface area contributed by atoms with Crippen LogP contribution in [0.15, 0.2) is 42.9 Å². The lowest BCUT2D eigenvalue weighted by Gasteiger charge is -2.09. The van der Waals surface area contributed by atoms with E-state index in [2.05, 4.69) is 30.0 Å². The van der Waals surface area contributed by atoms with Crippen LogP contribution in [0.5, 0.6) is 5.75 Å². The molecule has 0 fully saturated rings. The molecule has 0 aliphatic heterocycles. The fourth-order valence-electron chi connectivity index (χ4n) is 2.95. The molecule has 4 aromatic rings. The maximum atomic E-state index is 12.2. The third-order valence-electron chi connectivity index (χ3n) is 4.33. The zero-order valence-corrected chi connectivity index (χ0v) is 14.7. The maximum absolute atomic E-state index is 12.2. The number of ether oxygens (including phenoxy) is 1. The normalized spacial score (nSPS) is 11.9. The van der Waals surface area contributed by atoms with E-state index in [0.29, 0.717) is 24.4 Å². The topological polar surface area (TPSA) is 81.5 Å². The number of nitrogens with one attached hydrogen (secondary N) is 1. The SMILES string of the molecule is Cc1c(-c2ncnc3[nH]ccc23)nnn1CCc1ccc(OC(F)(F)F)cc1. The lowest BCUT2D eigenvalue weighted by atomic mass is 10.1. The molecule has 144 valence electrons. The molecule has 3 aromatic heterocycles. The summed E-state index contributed by atoms with van der Waals surface area (Å²) >= 11 is 0. The second kappa shape index (κ2) is 6.95. The van der Waals surface area contributed by atoms with Crippen molar-refractivity contribution in [3.63, 3.8) is 0 Å². The number of nitrogens with zero attached hydrogens (tertiary/aromatic N) is 5. The van der Waals surface area contributed by atoms with Gasteiger partial charge in [0.25, 0.3) is 0 Å². The van der Waals surface area contributed by atoms with E-state index in [9.17, 15) is 13.2 Å². The number of benzene rings is 1. The minimum absolute atomic E-state index is 0.241. The third-order valence-corrected chi connectivity index (χ3v) is 4.33. The van der Waals surface area contributed by atoms with Gasteiger partial charge >= 0.3 is 6.36 Å². The van der Waals surface area contributed by atoms with Crippen LogP contribution >= 0.6 is 0 Å². The molecule has 0 atom stereocenters. The summed E-state index contributed by atoms with van der Waals surface area (Å²) in [5, 5.41) is 9.29. The van der Waals surface area contributed by atoms with Crippen molar-refractivity contribution in [2.45, 2.75) is 26.3 Å². The number of aryl methyl sites for hydroxylation is 2. The molecule has 7 nitrogen and oxygen atoms in total. The van der Waals surface area contributed by atoms with Gasteiger partial charge in [0.2, 0.25) is 0 Å². The fourth-order valence-corrected chi connectivity index (χ4v) is 2.95. The number of aromatic nitrogens is 6. The first-order valence-corrected chi connectivity index (χ1v) is 8.44. The van der Waals surface area contributed by atoms with Gasteiger partial charge in [0.05, 0.1) is 5.69 Å². The molecule has 1 N–H and O–H groups in total. The summed E-state index contributed by atoms with van der Waals surface area (Å²) < 4.78 is 42.3. The van der Waals surface area contributed by atoms with E-state index < -0.39 is 6.36 Å². The molecular weight excluding hydrogens is 373 g/mol. The van der Waals surface area contributed by atoms with Crippen LogP contribution in [0.25, 0.3) is 22.4 Å². The summed E-state index contributed by atoms with van der Waals surface area (Å²) in [6.07, 6.45) is -0.854. The number of H-pyrrole nitrogens is 1. The molecule has 28 heavy (non-hydrogen) atoms. The summed E-state index contributed by atoms with van der Waals surface area (Å²) in [4.78, 5) is 11.5. The largest absolute Gasteiger partial charge is 0.573 e. The molecule has 4 rings (SSSR count). The van der Waals surface area contributed by atoms with E-state index in [4.69, 9.17) is 0 Å². The maximum Gasteiger partial charge on any atom is 0.573 e. The van der Waals surface area contributed by atoms with Crippen molar-refractivity contribution < 1.29 is 17.9 Å². The van der Waals surface area contributed by atoms with E-state index in [-0.39, 0.29) is 5.75 Å². The molecule has 3 heterocycles. The van der Waals surface area contributed by atoms with Crippen LogP contribution in [-0.2, 0) is 13.0 Å². The Kier molecular flexibility index (Phi) is 4.46. The number of fused-ring (bicyclic) bond motifs is 1. The number of rotatable bonds is 5. The van der Waals surface area contributed by atoms with Gasteiger partial charge < -0.3 is 9.72 Å². The summed E-state index contributed by atoms with van der Waals surface area (Å²) in [5.41, 5.74) is 3.80. The zero-order valence-electron chi connectivity index (χ0n) is 14.7. The molecule has 0 unspecified atom stereocenters. The summed E-state index contributed by atoms with van der Waals surface area (Å²) in [7, 11) is 0. The highest BCUT2D eigenvalue weighted by molar-refractivity contribution is 5.89. The third kappa shape index (κ3) is 3.66. The lowest BCUT2D eigenvalue weighted by molar-refractivity contribution is -0.274. The minimum atomic E-state index is -4.69. The highest BCUT2D eigenvalue weighted by Crippen LogP contribution is 2.26. The molecule has 10 heteroatoms. The molecule has 0 saturated carbocycles. The van der Waals surface area contributed by atoms with E-state index in [0.717, 1.165) is 22.3 Å². The Labute approximate surface area is 157 Å². The Bertz CT molecular complexity index is 1100. The van der Waals surface area contributed by atoms with Crippen molar-refractivity contribution in [2.75, 3.05) is 0 Å². The molecule has 0 spiro atoms. The van der Waals surface area contributed by atoms with Crippen molar-refractivity contribution in [1.29, 1.82) is 0 Å². The van der Waals surface area contributed by atoms with Crippen molar-refractivity contribution in [3.8, 4) is 17.1 Å². The van der Waals surface area contributed by atoms with E-state index in [1.165, 1.54) is 18.5 Å². The first-order valence-electron chi connectivity index (χ1n) is 8.44. The first kappa shape index (κ1) is 18.0. The number of aromatic amines is 1. The Morgan fingerprint density at radius 3 is 2.61 bits per heavy atom. The summed E-state index contributed by atoms with van der Waals surface area (Å²) in [6.45, 7) is 2.43. The van der Waals surface area contributed by atoms with Gasteiger partial charge in [0.15, 0.2) is 0 Å². The van der Waals surface area contributed by atoms with Crippen LogP contribution in [0.2, 0.25) is 0 Å². The lowest BCUT2D eigenvalue weighted by Crippen LogP contribution is -2.17. The standard InChI is InChI=1S/C18H15F3N6O/c1-11-15(16-14-6-8-22-17(14)24-10-23-16)25-26-27(11)9-7-12-2-4-13(5-3-12)28-18(19,20)21/h2-6,8,10H,7,9H2,1H3,(H,22,23,24). The molecular formula is C18H15F3N6O. The van der Waals surface area contributed by atoms with Crippen molar-refractivity contribution in [3.05, 3.63) is 54.1 Å². The van der Waals surface area contributed by atoms with Gasteiger partial charge in [-0.05, 0) is 37.1 Å². The first-order chi connectivity index (χ1) is 13.4. The van der Waals surface area contributed by atoms with E-state index >= 15 is 0 Å². The fraction of sp³-hybridized carbons (Fsp3) is 0.222. The van der Waals surface area contributed by atoms with Gasteiger partial charge in [-0.25, -0.2) is 14.6 Å². The number of hydrogen-bond acceptors (Lipinski definition) is 5. The van der Waals surface area contributed by atoms with Gasteiger partial charge in [-0.1, -0.05) is 17.3 Å². The number of halogens is 3. The molecule has 0 bridgehead atoms. The van der Waals surface area contributed by atoms with Crippen LogP contribution in [0, 0.1) is 6.92 Å². The van der Waals surface area contributed by atoms with Gasteiger partial charge in [-0.2, -0.15) is 0 Å². The Morgan fingerprint density at radius 2 is 1.86 bits per heavy atom. The minimum Gasteiger partial charge on any atom is -0.406 e. The van der Waals surface area contributed by atoms with Crippen LogP contribution in [0.1, 0.15) is 11.3 Å². The predicted molar refractivity (Wildman–Crippen MR) is 94.5 cm³/mol. The summed E-state index contributed by atoms with van der Waals surface area (Å²) in [6, 6.07) is 7.68. The second-order valence-corrected chi connectivity index (χ2v) is 6.15. The second-order valence-electron chi connectivity index (χ2n) is 6.15. The highest BCUT2D eigenvalue weighted by atomic mass is 19.4. The van der Waals surface area contributed by atoms with Gasteiger partial charge in [-0.3, -0.25) is 0 Å². The van der Waals surface area contributed by atoms with Crippen LogP contribution < -0.4 is 4.74 Å². The summed E-state index contributed by atoms with van der Waals surface area (Å²) in [5.74, 6) is -0.241. The van der Waals surface area contributed by atoms with Crippen molar-refractivity contribution in [1.82, 2.24) is 29.9 Å². The zero-order chi connectivity index (χ0) is 19.7. The van der Waals surface area contributed by atoms with Crippen LogP contribution in [0.4, 0.5) is 13.2 Å². The molecule has 0 aliphatic carbocycles. The molecule has 0 saturated heterocycles. The smallest absolute Gasteiger partial charge is 0.406 e. The van der Waals surface area contributed by atoms with Crippen LogP contribution in [0.3, 0.4) is 0 Å². The highest BCUT2D eigenvalue weighted by Gasteiger charge is 2.30. The number of hydrogen-bond donors (Lipinski definition) is 1. The average molecular weight is 388 g/mol. The Morgan fingerprint density at radius 1 is 1.07 bits per heavy atom. The van der Waals surface area contributed by atoms with Crippen molar-refractivity contribution >= 4 is 11.0 Å². The Hall–Kier alpha value is -3.43. The molecule has 1 aromatic carbocycles. The van der Waals surface area contributed by atoms with Gasteiger partial charge in [0.1, 0.15) is 29.1 Å². The monoisotopic (exact) mass is 388 g/mol. The predicted octanol–water partition coefficient (Wildman–Crippen LogP) is 3.67. The molecule has 0 radical (unpaired) electrons. The van der Waals surface area contributed by atoms with Crippen LogP contribution in [-0.4, -0.2) is 36.3 Å². The number of alkyl halides is 3. The van der Waals surface area contributed by atoms with Gasteiger partial charge in [0, 0.05) is 18.1 Å². The van der Waals surface area contributed by atoms with E-state index in [1.807, 2.05) is 13.0 Å². The van der Waals surface area contributed by atoms with Gasteiger partial charge in [-0.15, -0.1) is 18.3 Å². The average Bonchev–Trinajstić information content (AvgIpc) is 3.26. The quantitative estimate of drug-likeness (QED) is 0.564. The van der Waals surface area contributed by atoms with Crippen molar-refractivity contribution in [2.24, 2.45) is 0 Å². The van der Waals surface area contributed by atoms with E-state index in [1.54, 1.807) is 23.0 Å².